The number of hydrogen-bond donors (Lipinski definition) is 0. The molecule has 0 radical (unpaired) electrons. The van der Waals surface area contributed by atoms with Crippen LogP contribution < -0.4 is 4.74 Å². The quantitative estimate of drug-likeness (QED) is 0.196. The Morgan fingerprint density at radius 1 is 0.667 bits per heavy atom. The highest BCUT2D eigenvalue weighted by molar-refractivity contribution is 5.85. The third-order valence-electron chi connectivity index (χ3n) is 7.87. The molecule has 0 atom stereocenters. The average Bonchev–Trinajstić information content (AvgIpc) is 2.93. The van der Waals surface area contributed by atoms with Crippen molar-refractivity contribution >= 4 is 10.8 Å². The van der Waals surface area contributed by atoms with Crippen LogP contribution in [-0.4, -0.2) is 6.61 Å². The molecule has 3 aromatic carbocycles. The van der Waals surface area contributed by atoms with Gasteiger partial charge >= 0.3 is 0 Å². The van der Waals surface area contributed by atoms with Crippen molar-refractivity contribution in [2.24, 2.45) is 5.92 Å². The molecule has 1 fully saturated rings. The lowest BCUT2D eigenvalue weighted by Gasteiger charge is -2.29. The highest BCUT2D eigenvalue weighted by Gasteiger charge is 2.21. The molecule has 1 saturated carbocycles. The van der Waals surface area contributed by atoms with Crippen molar-refractivity contribution in [2.75, 3.05) is 6.61 Å². The molecule has 0 bridgehead atoms. The smallest absolute Gasteiger partial charge is 0.119 e. The topological polar surface area (TPSA) is 9.23 Å². The summed E-state index contributed by atoms with van der Waals surface area (Å²) in [7, 11) is 0. The Bertz CT molecular complexity index is 1120. The van der Waals surface area contributed by atoms with Crippen molar-refractivity contribution in [2.45, 2.75) is 96.8 Å². The molecule has 0 amide bonds. The number of unbranched alkanes of at least 4 members (excludes halogenated alkanes) is 5. The lowest BCUT2D eigenvalue weighted by Crippen LogP contribution is -2.13. The third-order valence-corrected chi connectivity index (χ3v) is 7.87. The number of benzene rings is 3. The van der Waals surface area contributed by atoms with E-state index in [-0.39, 0.29) is 0 Å². The Morgan fingerprint density at radius 2 is 1.33 bits per heavy atom. The van der Waals surface area contributed by atoms with Gasteiger partial charge in [0.25, 0.3) is 0 Å². The van der Waals surface area contributed by atoms with Gasteiger partial charge in [0.2, 0.25) is 0 Å². The van der Waals surface area contributed by atoms with E-state index in [9.17, 15) is 0 Å². The second-order valence-electron chi connectivity index (χ2n) is 10.7. The Morgan fingerprint density at radius 3 is 2.11 bits per heavy atom. The van der Waals surface area contributed by atoms with Crippen LogP contribution in [0.1, 0.15) is 114 Å². The minimum absolute atomic E-state index is 0.736. The SMILES string of the molecule is CCCCCC[C@H]1CC[C@H](c2ccc(C#Cc3ccc4cc(OCCCCC)ccc4c3)cc2)CC1. The summed E-state index contributed by atoms with van der Waals surface area (Å²) in [6, 6.07) is 21.9. The summed E-state index contributed by atoms with van der Waals surface area (Å²) in [6.07, 6.45) is 16.1. The summed E-state index contributed by atoms with van der Waals surface area (Å²) in [5, 5.41) is 2.41. The van der Waals surface area contributed by atoms with E-state index in [1.165, 1.54) is 87.0 Å². The van der Waals surface area contributed by atoms with Crippen molar-refractivity contribution in [3.8, 4) is 17.6 Å². The van der Waals surface area contributed by atoms with Crippen LogP contribution in [0.5, 0.6) is 5.75 Å². The molecule has 1 nitrogen and oxygen atoms in total. The average molecular weight is 481 g/mol. The summed E-state index contributed by atoms with van der Waals surface area (Å²) in [4.78, 5) is 0. The fraction of sp³-hybridized carbons (Fsp3) is 0.486. The zero-order valence-electron chi connectivity index (χ0n) is 22.5. The maximum Gasteiger partial charge on any atom is 0.119 e. The molecule has 1 heteroatoms. The molecule has 190 valence electrons. The fourth-order valence-corrected chi connectivity index (χ4v) is 5.56. The van der Waals surface area contributed by atoms with Crippen LogP contribution in [0.2, 0.25) is 0 Å². The van der Waals surface area contributed by atoms with E-state index >= 15 is 0 Å². The Labute approximate surface area is 219 Å². The molecular formula is C35H44O. The van der Waals surface area contributed by atoms with Gasteiger partial charge in [-0.2, -0.15) is 0 Å². The molecule has 0 aliphatic heterocycles. The Kier molecular flexibility index (Phi) is 10.3. The van der Waals surface area contributed by atoms with E-state index in [0.29, 0.717) is 0 Å². The standard InChI is InChI=1S/C35H44O/c1-3-5-7-8-10-28-13-18-31(19-14-28)32-20-15-29(16-21-32)11-12-30-17-22-34-27-35(24-23-33(34)26-30)36-25-9-6-4-2/h15-17,20-24,26-28,31H,3-10,13-14,18-19,25H2,1-2H3/t28-,31-. The molecule has 0 spiro atoms. The maximum absolute atomic E-state index is 5.91. The predicted molar refractivity (Wildman–Crippen MR) is 155 cm³/mol. The summed E-state index contributed by atoms with van der Waals surface area (Å²) in [5.74, 6) is 9.40. The van der Waals surface area contributed by atoms with Gasteiger partial charge in [0.05, 0.1) is 6.61 Å². The van der Waals surface area contributed by atoms with Crippen LogP contribution in [0, 0.1) is 17.8 Å². The maximum atomic E-state index is 5.91. The molecule has 4 rings (SSSR count). The van der Waals surface area contributed by atoms with E-state index < -0.39 is 0 Å². The highest BCUT2D eigenvalue weighted by atomic mass is 16.5. The number of fused-ring (bicyclic) bond motifs is 1. The number of rotatable bonds is 11. The van der Waals surface area contributed by atoms with Crippen LogP contribution in [0.25, 0.3) is 10.8 Å². The third kappa shape index (κ3) is 7.89. The van der Waals surface area contributed by atoms with E-state index in [1.54, 1.807) is 0 Å². The second-order valence-corrected chi connectivity index (χ2v) is 10.7. The Hall–Kier alpha value is -2.72. The molecule has 1 aliphatic carbocycles. The lowest BCUT2D eigenvalue weighted by molar-refractivity contribution is 0.302. The van der Waals surface area contributed by atoms with Crippen LogP contribution >= 0.6 is 0 Å². The normalized spacial score (nSPS) is 17.5. The molecule has 3 aromatic rings. The van der Waals surface area contributed by atoms with Gasteiger partial charge in [-0.1, -0.05) is 94.9 Å². The molecule has 0 saturated heterocycles. The lowest BCUT2D eigenvalue weighted by atomic mass is 9.77. The first-order chi connectivity index (χ1) is 17.7. The van der Waals surface area contributed by atoms with Crippen LogP contribution in [0.3, 0.4) is 0 Å². The number of ether oxygens (including phenoxy) is 1. The summed E-state index contributed by atoms with van der Waals surface area (Å²) < 4.78 is 5.91. The molecule has 1 aliphatic rings. The van der Waals surface area contributed by atoms with Gasteiger partial charge in [-0.15, -0.1) is 0 Å². The van der Waals surface area contributed by atoms with E-state index in [0.717, 1.165) is 41.7 Å². The monoisotopic (exact) mass is 480 g/mol. The van der Waals surface area contributed by atoms with Crippen LogP contribution in [0.4, 0.5) is 0 Å². The minimum Gasteiger partial charge on any atom is -0.494 e. The van der Waals surface area contributed by atoms with Crippen LogP contribution in [-0.2, 0) is 0 Å². The van der Waals surface area contributed by atoms with Gasteiger partial charge in [-0.25, -0.2) is 0 Å². The van der Waals surface area contributed by atoms with Crippen molar-refractivity contribution in [1.82, 2.24) is 0 Å². The molecule has 0 aromatic heterocycles. The Balaban J connectivity index is 1.29. The van der Waals surface area contributed by atoms with Crippen molar-refractivity contribution < 1.29 is 4.74 Å². The predicted octanol–water partition coefficient (Wildman–Crippen LogP) is 10.1. The van der Waals surface area contributed by atoms with Gasteiger partial charge < -0.3 is 4.74 Å². The van der Waals surface area contributed by atoms with Gasteiger partial charge in [-0.3, -0.25) is 0 Å². The second kappa shape index (κ2) is 14.1. The highest BCUT2D eigenvalue weighted by Crippen LogP contribution is 2.37. The van der Waals surface area contributed by atoms with Gasteiger partial charge in [-0.05, 0) is 96.7 Å². The first kappa shape index (κ1) is 26.3. The van der Waals surface area contributed by atoms with E-state index in [2.05, 4.69) is 86.4 Å². The number of hydrogen-bond acceptors (Lipinski definition) is 1. The van der Waals surface area contributed by atoms with Gasteiger partial charge in [0, 0.05) is 11.1 Å². The fourth-order valence-electron chi connectivity index (χ4n) is 5.56. The molecule has 36 heavy (non-hydrogen) atoms. The molecule has 0 N–H and O–H groups in total. The molecular weight excluding hydrogens is 436 g/mol. The summed E-state index contributed by atoms with van der Waals surface area (Å²) in [5.41, 5.74) is 3.66. The van der Waals surface area contributed by atoms with Crippen molar-refractivity contribution in [3.05, 3.63) is 77.4 Å². The van der Waals surface area contributed by atoms with Crippen molar-refractivity contribution in [3.63, 3.8) is 0 Å². The van der Waals surface area contributed by atoms with E-state index in [4.69, 9.17) is 4.74 Å². The zero-order chi connectivity index (χ0) is 25.0. The first-order valence-corrected chi connectivity index (χ1v) is 14.5. The van der Waals surface area contributed by atoms with Crippen LogP contribution in [0.15, 0.2) is 60.7 Å². The van der Waals surface area contributed by atoms with Gasteiger partial charge in [0.1, 0.15) is 5.75 Å². The molecule has 0 heterocycles. The minimum atomic E-state index is 0.736. The van der Waals surface area contributed by atoms with E-state index in [1.807, 2.05) is 0 Å². The zero-order valence-corrected chi connectivity index (χ0v) is 22.5. The van der Waals surface area contributed by atoms with Crippen molar-refractivity contribution in [1.29, 1.82) is 0 Å². The largest absolute Gasteiger partial charge is 0.494 e. The summed E-state index contributed by atoms with van der Waals surface area (Å²) in [6.45, 7) is 5.31. The first-order valence-electron chi connectivity index (χ1n) is 14.5. The van der Waals surface area contributed by atoms with Gasteiger partial charge in [0.15, 0.2) is 0 Å². The molecule has 0 unspecified atom stereocenters. The summed E-state index contributed by atoms with van der Waals surface area (Å²) >= 11 is 0.